The Hall–Kier alpha value is -1.53. The number of hydrogen-bond acceptors (Lipinski definition) is 6. The van der Waals surface area contributed by atoms with E-state index in [1.807, 2.05) is 18.2 Å². The van der Waals surface area contributed by atoms with E-state index in [0.29, 0.717) is 5.95 Å². The number of hydrogen-bond donors (Lipinski definition) is 2. The van der Waals surface area contributed by atoms with Gasteiger partial charge < -0.3 is 4.42 Å². The Morgan fingerprint density at radius 2 is 2.40 bits per heavy atom. The number of anilines is 1. The van der Waals surface area contributed by atoms with Crippen LogP contribution in [0.2, 0.25) is 0 Å². The molecule has 0 unspecified atom stereocenters. The van der Waals surface area contributed by atoms with E-state index in [1.165, 1.54) is 0 Å². The molecule has 2 aromatic heterocycles. The minimum absolute atomic E-state index is 0.416. The maximum absolute atomic E-state index is 5.21. The number of nitrogen functional groups attached to an aromatic ring is 1. The largest absolute Gasteiger partial charge is 0.468 e. The van der Waals surface area contributed by atoms with Gasteiger partial charge >= 0.3 is 0 Å². The summed E-state index contributed by atoms with van der Waals surface area (Å²) in [6.07, 6.45) is 3.31. The molecule has 15 heavy (non-hydrogen) atoms. The van der Waals surface area contributed by atoms with Crippen LogP contribution in [-0.4, -0.2) is 9.97 Å². The topological polar surface area (TPSA) is 77.0 Å². The minimum Gasteiger partial charge on any atom is -0.468 e. The van der Waals surface area contributed by atoms with Gasteiger partial charge in [0.15, 0.2) is 0 Å². The highest BCUT2D eigenvalue weighted by atomic mass is 32.2. The van der Waals surface area contributed by atoms with Crippen LogP contribution < -0.4 is 11.3 Å². The standard InChI is InChI=1S/C9H10N4OS/c10-13-9-11-4-3-8(12-9)15-6-7-2-1-5-14-7/h1-5H,6,10H2,(H,11,12,13). The van der Waals surface area contributed by atoms with Crippen molar-refractivity contribution >= 4 is 17.7 Å². The van der Waals surface area contributed by atoms with Crippen LogP contribution in [0.3, 0.4) is 0 Å². The van der Waals surface area contributed by atoms with Gasteiger partial charge in [0, 0.05) is 6.20 Å². The number of hydrazine groups is 1. The van der Waals surface area contributed by atoms with Crippen LogP contribution in [0.5, 0.6) is 0 Å². The highest BCUT2D eigenvalue weighted by molar-refractivity contribution is 7.98. The van der Waals surface area contributed by atoms with Gasteiger partial charge in [-0.05, 0) is 18.2 Å². The van der Waals surface area contributed by atoms with Gasteiger partial charge in [0.25, 0.3) is 0 Å². The average molecular weight is 222 g/mol. The van der Waals surface area contributed by atoms with Crippen molar-refractivity contribution in [1.82, 2.24) is 9.97 Å². The summed E-state index contributed by atoms with van der Waals surface area (Å²) in [5.41, 5.74) is 2.40. The van der Waals surface area contributed by atoms with Gasteiger partial charge in [-0.2, -0.15) is 0 Å². The first-order valence-electron chi connectivity index (χ1n) is 4.33. The summed E-state index contributed by atoms with van der Waals surface area (Å²) in [6.45, 7) is 0. The maximum Gasteiger partial charge on any atom is 0.238 e. The fourth-order valence-electron chi connectivity index (χ4n) is 1.03. The first-order valence-corrected chi connectivity index (χ1v) is 5.32. The second kappa shape index (κ2) is 4.81. The lowest BCUT2D eigenvalue weighted by Crippen LogP contribution is -2.10. The van der Waals surface area contributed by atoms with E-state index in [4.69, 9.17) is 10.3 Å². The van der Waals surface area contributed by atoms with Crippen LogP contribution in [0.15, 0.2) is 40.1 Å². The molecule has 0 atom stereocenters. The third-order valence-corrected chi connectivity index (χ3v) is 2.65. The molecule has 2 heterocycles. The maximum atomic E-state index is 5.21. The average Bonchev–Trinajstić information content (AvgIpc) is 2.79. The fraction of sp³-hybridized carbons (Fsp3) is 0.111. The van der Waals surface area contributed by atoms with Crippen molar-refractivity contribution in [2.24, 2.45) is 5.84 Å². The number of nitrogens with zero attached hydrogens (tertiary/aromatic N) is 2. The monoisotopic (exact) mass is 222 g/mol. The SMILES string of the molecule is NNc1nccc(SCc2ccco2)n1. The zero-order valence-corrected chi connectivity index (χ0v) is 8.70. The van der Waals surface area contributed by atoms with Crippen molar-refractivity contribution in [1.29, 1.82) is 0 Å². The number of nitrogens with one attached hydrogen (secondary N) is 1. The lowest BCUT2D eigenvalue weighted by Gasteiger charge is -2.00. The summed E-state index contributed by atoms with van der Waals surface area (Å²) in [7, 11) is 0. The van der Waals surface area contributed by atoms with E-state index in [-0.39, 0.29) is 0 Å². The van der Waals surface area contributed by atoms with Gasteiger partial charge in [-0.3, -0.25) is 5.43 Å². The van der Waals surface area contributed by atoms with Crippen LogP contribution in [-0.2, 0) is 5.75 Å². The first-order chi connectivity index (χ1) is 7.38. The summed E-state index contributed by atoms with van der Waals surface area (Å²) in [4.78, 5) is 8.08. The third-order valence-electron chi connectivity index (χ3n) is 1.70. The number of furan rings is 1. The number of aromatic nitrogens is 2. The number of nitrogens with two attached hydrogens (primary N) is 1. The van der Waals surface area contributed by atoms with Gasteiger partial charge in [0.05, 0.1) is 12.0 Å². The molecule has 0 aliphatic heterocycles. The molecular weight excluding hydrogens is 212 g/mol. The van der Waals surface area contributed by atoms with Crippen molar-refractivity contribution in [3.63, 3.8) is 0 Å². The Bertz CT molecular complexity index is 418. The molecule has 2 aromatic rings. The van der Waals surface area contributed by atoms with Gasteiger partial charge in [0.2, 0.25) is 5.95 Å². The number of thioether (sulfide) groups is 1. The molecule has 0 aliphatic carbocycles. The second-order valence-corrected chi connectivity index (χ2v) is 3.73. The van der Waals surface area contributed by atoms with E-state index in [0.717, 1.165) is 16.5 Å². The Morgan fingerprint density at radius 3 is 3.13 bits per heavy atom. The van der Waals surface area contributed by atoms with Crippen molar-refractivity contribution in [2.75, 3.05) is 5.43 Å². The molecule has 0 aromatic carbocycles. The summed E-state index contributed by atoms with van der Waals surface area (Å²) >= 11 is 1.57. The Kier molecular flexibility index (Phi) is 3.21. The third kappa shape index (κ3) is 2.71. The quantitative estimate of drug-likeness (QED) is 0.354. The van der Waals surface area contributed by atoms with E-state index in [2.05, 4.69) is 15.4 Å². The van der Waals surface area contributed by atoms with Crippen molar-refractivity contribution in [3.8, 4) is 0 Å². The van der Waals surface area contributed by atoms with E-state index < -0.39 is 0 Å². The van der Waals surface area contributed by atoms with E-state index >= 15 is 0 Å². The molecule has 0 saturated carbocycles. The summed E-state index contributed by atoms with van der Waals surface area (Å²) in [5.74, 6) is 7.28. The van der Waals surface area contributed by atoms with Crippen LogP contribution in [0, 0.1) is 0 Å². The van der Waals surface area contributed by atoms with Gasteiger partial charge in [0.1, 0.15) is 10.8 Å². The predicted octanol–water partition coefficient (Wildman–Crippen LogP) is 1.65. The van der Waals surface area contributed by atoms with Gasteiger partial charge in [-0.15, -0.1) is 0 Å². The van der Waals surface area contributed by atoms with Gasteiger partial charge in [-0.25, -0.2) is 15.8 Å². The van der Waals surface area contributed by atoms with Gasteiger partial charge in [-0.1, -0.05) is 11.8 Å². The normalized spacial score (nSPS) is 10.2. The van der Waals surface area contributed by atoms with Crippen molar-refractivity contribution < 1.29 is 4.42 Å². The lowest BCUT2D eigenvalue weighted by atomic mass is 10.5. The van der Waals surface area contributed by atoms with Crippen molar-refractivity contribution in [2.45, 2.75) is 10.8 Å². The zero-order valence-electron chi connectivity index (χ0n) is 7.88. The molecule has 0 bridgehead atoms. The zero-order chi connectivity index (χ0) is 10.5. The lowest BCUT2D eigenvalue weighted by molar-refractivity contribution is 0.530. The molecule has 0 fully saturated rings. The molecule has 0 spiro atoms. The molecular formula is C9H10N4OS. The summed E-state index contributed by atoms with van der Waals surface area (Å²) in [5, 5.41) is 0.856. The van der Waals surface area contributed by atoms with Crippen LogP contribution >= 0.6 is 11.8 Å². The summed E-state index contributed by atoms with van der Waals surface area (Å²) in [6, 6.07) is 5.62. The highest BCUT2D eigenvalue weighted by Crippen LogP contribution is 2.21. The Balaban J connectivity index is 1.98. The van der Waals surface area contributed by atoms with E-state index in [9.17, 15) is 0 Å². The minimum atomic E-state index is 0.416. The second-order valence-electron chi connectivity index (χ2n) is 2.73. The predicted molar refractivity (Wildman–Crippen MR) is 58.1 cm³/mol. The van der Waals surface area contributed by atoms with Crippen LogP contribution in [0.1, 0.15) is 5.76 Å². The molecule has 0 radical (unpaired) electrons. The molecule has 6 heteroatoms. The molecule has 0 amide bonds. The molecule has 78 valence electrons. The Morgan fingerprint density at radius 1 is 1.47 bits per heavy atom. The smallest absolute Gasteiger partial charge is 0.238 e. The first kappa shape index (κ1) is 10.0. The van der Waals surface area contributed by atoms with Crippen molar-refractivity contribution in [3.05, 3.63) is 36.4 Å². The Labute approximate surface area is 91.1 Å². The molecule has 3 N–H and O–H groups in total. The summed E-state index contributed by atoms with van der Waals surface area (Å²) < 4.78 is 5.21. The molecule has 0 saturated heterocycles. The van der Waals surface area contributed by atoms with E-state index in [1.54, 1.807) is 24.2 Å². The molecule has 0 aliphatic rings. The number of rotatable bonds is 4. The molecule has 5 nitrogen and oxygen atoms in total. The fourth-order valence-corrected chi connectivity index (χ4v) is 1.79. The van der Waals surface area contributed by atoms with Crippen LogP contribution in [0.4, 0.5) is 5.95 Å². The highest BCUT2D eigenvalue weighted by Gasteiger charge is 2.01. The molecule has 2 rings (SSSR count). The van der Waals surface area contributed by atoms with Crippen LogP contribution in [0.25, 0.3) is 0 Å².